The van der Waals surface area contributed by atoms with Crippen molar-refractivity contribution in [1.82, 2.24) is 0 Å². The zero-order valence-electron chi connectivity index (χ0n) is 30.6. The van der Waals surface area contributed by atoms with Crippen LogP contribution in [0.5, 0.6) is 0 Å². The summed E-state index contributed by atoms with van der Waals surface area (Å²) in [5.74, 6) is -0.768. The van der Waals surface area contributed by atoms with E-state index in [2.05, 4.69) is 50.3 Å². The van der Waals surface area contributed by atoms with E-state index in [0.717, 1.165) is 51.4 Å². The zero-order valence-corrected chi connectivity index (χ0v) is 30.6. The van der Waals surface area contributed by atoms with Crippen molar-refractivity contribution < 1.29 is 19.4 Å². The van der Waals surface area contributed by atoms with Crippen LogP contribution < -0.4 is 0 Å². The molecule has 0 radical (unpaired) electrons. The monoisotopic (exact) mass is 645 g/mol. The van der Waals surface area contributed by atoms with Crippen molar-refractivity contribution in [2.24, 2.45) is 0 Å². The Labute approximate surface area is 286 Å². The smallest absolute Gasteiger partial charge is 0.306 e. The number of rotatable bonds is 36. The summed E-state index contributed by atoms with van der Waals surface area (Å²) in [7, 11) is 0. The highest BCUT2D eigenvalue weighted by molar-refractivity contribution is 5.69. The SMILES string of the molecule is CCCCC/C=C\C/C=C\CCCC/C=C\CCCCCCCC(=O)OC(CCCCCCCCCCC)CCCCCC(=O)O. The average molecular weight is 645 g/mol. The molecule has 268 valence electrons. The van der Waals surface area contributed by atoms with Gasteiger partial charge in [0.05, 0.1) is 0 Å². The lowest BCUT2D eigenvalue weighted by atomic mass is 10.0. The molecule has 1 unspecified atom stereocenters. The minimum absolute atomic E-state index is 0.00235. The molecule has 0 aromatic heterocycles. The van der Waals surface area contributed by atoms with Crippen LogP contribution in [0.2, 0.25) is 0 Å². The topological polar surface area (TPSA) is 63.6 Å². The fourth-order valence-electron chi connectivity index (χ4n) is 5.86. The third-order valence-electron chi connectivity index (χ3n) is 8.83. The van der Waals surface area contributed by atoms with Gasteiger partial charge in [0.2, 0.25) is 0 Å². The maximum atomic E-state index is 12.6. The lowest BCUT2D eigenvalue weighted by Crippen LogP contribution is -2.18. The van der Waals surface area contributed by atoms with Crippen LogP contribution in [0.25, 0.3) is 0 Å². The maximum absolute atomic E-state index is 12.6. The Balaban J connectivity index is 3.87. The molecule has 0 aliphatic heterocycles. The van der Waals surface area contributed by atoms with Crippen molar-refractivity contribution in [1.29, 1.82) is 0 Å². The van der Waals surface area contributed by atoms with E-state index in [4.69, 9.17) is 9.84 Å². The highest BCUT2D eigenvalue weighted by atomic mass is 16.5. The van der Waals surface area contributed by atoms with Crippen molar-refractivity contribution in [2.45, 2.75) is 219 Å². The molecular weight excluding hydrogens is 568 g/mol. The van der Waals surface area contributed by atoms with Gasteiger partial charge in [-0.3, -0.25) is 9.59 Å². The van der Waals surface area contributed by atoms with Crippen LogP contribution in [-0.2, 0) is 14.3 Å². The molecule has 0 amide bonds. The van der Waals surface area contributed by atoms with Crippen LogP contribution in [0.15, 0.2) is 36.5 Å². The summed E-state index contributed by atoms with van der Waals surface area (Å²) in [6, 6.07) is 0. The number of ether oxygens (including phenoxy) is 1. The number of allylic oxidation sites excluding steroid dienone is 6. The number of esters is 1. The summed E-state index contributed by atoms with van der Waals surface area (Å²) in [6.07, 6.45) is 48.8. The Morgan fingerprint density at radius 3 is 1.39 bits per heavy atom. The summed E-state index contributed by atoms with van der Waals surface area (Å²) in [5.41, 5.74) is 0. The lowest BCUT2D eigenvalue weighted by molar-refractivity contribution is -0.150. The molecule has 0 aromatic rings. The number of carbonyl (C=O) groups excluding carboxylic acids is 1. The molecule has 0 saturated heterocycles. The maximum Gasteiger partial charge on any atom is 0.306 e. The Kier molecular flexibility index (Phi) is 36.1. The minimum atomic E-state index is -0.726. The normalized spacial score (nSPS) is 12.6. The standard InChI is InChI=1S/C42H76O4/c1-3-5-7-9-11-13-14-15-16-17-18-19-20-21-22-23-24-26-28-30-35-39-42(45)46-40(37-33-31-34-38-41(43)44)36-32-29-27-25-12-10-8-6-4-2/h11,13,15-16,21-22,40H,3-10,12,14,17-20,23-39H2,1-2H3,(H,43,44)/b13-11-,16-15-,22-21-. The average Bonchev–Trinajstić information content (AvgIpc) is 3.04. The molecule has 0 rings (SSSR count). The van der Waals surface area contributed by atoms with E-state index in [0.29, 0.717) is 12.8 Å². The van der Waals surface area contributed by atoms with E-state index >= 15 is 0 Å². The van der Waals surface area contributed by atoms with E-state index in [9.17, 15) is 9.59 Å². The van der Waals surface area contributed by atoms with E-state index in [1.165, 1.54) is 128 Å². The molecule has 4 nitrogen and oxygen atoms in total. The van der Waals surface area contributed by atoms with Crippen LogP contribution in [0.3, 0.4) is 0 Å². The second-order valence-corrected chi connectivity index (χ2v) is 13.5. The second kappa shape index (κ2) is 37.6. The molecule has 0 aliphatic rings. The molecule has 0 aliphatic carbocycles. The van der Waals surface area contributed by atoms with Gasteiger partial charge >= 0.3 is 11.9 Å². The molecule has 0 heterocycles. The van der Waals surface area contributed by atoms with Crippen LogP contribution in [0, 0.1) is 0 Å². The Hall–Kier alpha value is -1.84. The van der Waals surface area contributed by atoms with Gasteiger partial charge < -0.3 is 9.84 Å². The Morgan fingerprint density at radius 1 is 0.478 bits per heavy atom. The van der Waals surface area contributed by atoms with Crippen LogP contribution in [0.1, 0.15) is 213 Å². The molecule has 0 aromatic carbocycles. The largest absolute Gasteiger partial charge is 0.481 e. The number of unbranched alkanes of at least 4 members (excludes halogenated alkanes) is 21. The van der Waals surface area contributed by atoms with Crippen molar-refractivity contribution >= 4 is 11.9 Å². The first kappa shape index (κ1) is 44.2. The zero-order chi connectivity index (χ0) is 33.6. The first-order valence-corrected chi connectivity index (χ1v) is 20.0. The fraction of sp³-hybridized carbons (Fsp3) is 0.810. The third-order valence-corrected chi connectivity index (χ3v) is 8.83. The summed E-state index contributed by atoms with van der Waals surface area (Å²) in [5, 5.41) is 8.87. The van der Waals surface area contributed by atoms with Gasteiger partial charge in [-0.25, -0.2) is 0 Å². The first-order valence-electron chi connectivity index (χ1n) is 20.0. The van der Waals surface area contributed by atoms with Crippen molar-refractivity contribution in [2.75, 3.05) is 0 Å². The number of carboxylic acid groups (broad SMARTS) is 1. The first-order chi connectivity index (χ1) is 22.6. The molecule has 0 spiro atoms. The van der Waals surface area contributed by atoms with Crippen LogP contribution >= 0.6 is 0 Å². The van der Waals surface area contributed by atoms with Gasteiger partial charge in [0, 0.05) is 12.8 Å². The van der Waals surface area contributed by atoms with Gasteiger partial charge in [-0.15, -0.1) is 0 Å². The molecule has 0 saturated carbocycles. The van der Waals surface area contributed by atoms with E-state index in [-0.39, 0.29) is 18.5 Å². The Morgan fingerprint density at radius 2 is 0.848 bits per heavy atom. The van der Waals surface area contributed by atoms with Gasteiger partial charge in [0.1, 0.15) is 6.10 Å². The summed E-state index contributed by atoms with van der Waals surface area (Å²) < 4.78 is 5.92. The second-order valence-electron chi connectivity index (χ2n) is 13.5. The van der Waals surface area contributed by atoms with Gasteiger partial charge in [-0.1, -0.05) is 140 Å². The van der Waals surface area contributed by atoms with E-state index in [1.54, 1.807) is 0 Å². The number of hydrogen-bond acceptors (Lipinski definition) is 3. The van der Waals surface area contributed by atoms with Crippen molar-refractivity contribution in [3.8, 4) is 0 Å². The van der Waals surface area contributed by atoms with Gasteiger partial charge in [-0.2, -0.15) is 0 Å². The number of carbonyl (C=O) groups is 2. The summed E-state index contributed by atoms with van der Waals surface area (Å²) in [4.78, 5) is 23.4. The minimum Gasteiger partial charge on any atom is -0.481 e. The predicted octanol–water partition coefficient (Wildman–Crippen LogP) is 13.8. The van der Waals surface area contributed by atoms with Gasteiger partial charge in [0.25, 0.3) is 0 Å². The highest BCUT2D eigenvalue weighted by Crippen LogP contribution is 2.18. The fourth-order valence-corrected chi connectivity index (χ4v) is 5.86. The van der Waals surface area contributed by atoms with E-state index in [1.807, 2.05) is 0 Å². The number of aliphatic carboxylic acids is 1. The molecule has 1 N–H and O–H groups in total. The van der Waals surface area contributed by atoms with Crippen LogP contribution in [-0.4, -0.2) is 23.1 Å². The quantitative estimate of drug-likeness (QED) is 0.0419. The number of carboxylic acids is 1. The van der Waals surface area contributed by atoms with E-state index < -0.39 is 5.97 Å². The molecule has 0 bridgehead atoms. The van der Waals surface area contributed by atoms with Crippen molar-refractivity contribution in [3.63, 3.8) is 0 Å². The summed E-state index contributed by atoms with van der Waals surface area (Å²) >= 11 is 0. The highest BCUT2D eigenvalue weighted by Gasteiger charge is 2.14. The van der Waals surface area contributed by atoms with Gasteiger partial charge in [-0.05, 0) is 96.3 Å². The molecular formula is C42H76O4. The Bertz CT molecular complexity index is 738. The number of hydrogen-bond donors (Lipinski definition) is 1. The van der Waals surface area contributed by atoms with Crippen LogP contribution in [0.4, 0.5) is 0 Å². The molecule has 1 atom stereocenters. The molecule has 0 fully saturated rings. The molecule has 46 heavy (non-hydrogen) atoms. The van der Waals surface area contributed by atoms with Gasteiger partial charge in [0.15, 0.2) is 0 Å². The summed E-state index contributed by atoms with van der Waals surface area (Å²) in [6.45, 7) is 4.51. The molecule has 4 heteroatoms. The lowest BCUT2D eigenvalue weighted by Gasteiger charge is -2.18. The third kappa shape index (κ3) is 36.6. The predicted molar refractivity (Wildman–Crippen MR) is 199 cm³/mol. The van der Waals surface area contributed by atoms with Crippen molar-refractivity contribution in [3.05, 3.63) is 36.5 Å².